The molecule has 0 spiro atoms. The van der Waals surface area contributed by atoms with Crippen molar-refractivity contribution in [3.05, 3.63) is 130 Å². The number of aryl methyl sites for hydroxylation is 1. The molecule has 0 radical (unpaired) electrons. The summed E-state index contributed by atoms with van der Waals surface area (Å²) in [6.07, 6.45) is 5.77. The van der Waals surface area contributed by atoms with Crippen molar-refractivity contribution in [1.29, 1.82) is 0 Å². The second kappa shape index (κ2) is 17.5. The molecule has 0 saturated carbocycles. The van der Waals surface area contributed by atoms with Gasteiger partial charge in [0.15, 0.2) is 0 Å². The average Bonchev–Trinajstić information content (AvgIpc) is 3.49. The van der Waals surface area contributed by atoms with E-state index in [-0.39, 0.29) is 24.5 Å². The first-order chi connectivity index (χ1) is 28.2. The second-order valence-electron chi connectivity index (χ2n) is 16.2. The number of phenols is 1. The number of hydrogen-bond acceptors (Lipinski definition) is 8. The first-order valence-corrected chi connectivity index (χ1v) is 21.0. The van der Waals surface area contributed by atoms with E-state index < -0.39 is 23.8 Å². The van der Waals surface area contributed by atoms with E-state index in [0.29, 0.717) is 17.0 Å². The molecule has 4 amide bonds. The summed E-state index contributed by atoms with van der Waals surface area (Å²) in [5.74, 6) is -0.940. The number of phenolic OH excluding ortho intramolecular Hbond substituents is 1. The molecule has 300 valence electrons. The van der Waals surface area contributed by atoms with Crippen molar-refractivity contribution >= 4 is 40.5 Å². The number of nitrogens with zero attached hydrogens (tertiary/aromatic N) is 4. The Kier molecular flexibility index (Phi) is 11.8. The van der Waals surface area contributed by atoms with Gasteiger partial charge in [-0.15, -0.1) is 0 Å². The number of likely N-dealkylation sites (tertiary alicyclic amines) is 1. The monoisotopic (exact) mass is 779 g/mol. The largest absolute Gasteiger partial charge is 0.508 e. The molecule has 4 aliphatic rings. The zero-order valence-electron chi connectivity index (χ0n) is 33.4. The molecule has 3 fully saturated rings. The fourth-order valence-electron chi connectivity index (χ4n) is 9.25. The van der Waals surface area contributed by atoms with Crippen molar-refractivity contribution in [2.75, 3.05) is 57.3 Å². The highest BCUT2D eigenvalue weighted by molar-refractivity contribution is 6.23. The summed E-state index contributed by atoms with van der Waals surface area (Å²) in [7, 11) is 0. The maximum Gasteiger partial charge on any atom is 0.262 e. The third-order valence-corrected chi connectivity index (χ3v) is 12.5. The molecule has 8 rings (SSSR count). The number of rotatable bonds is 12. The minimum Gasteiger partial charge on any atom is -0.508 e. The van der Waals surface area contributed by atoms with Crippen molar-refractivity contribution in [3.63, 3.8) is 0 Å². The maximum absolute atomic E-state index is 13.3. The van der Waals surface area contributed by atoms with Crippen molar-refractivity contribution in [1.82, 2.24) is 20.0 Å². The zero-order chi connectivity index (χ0) is 40.2. The lowest BCUT2D eigenvalue weighted by atomic mass is 9.87. The molecule has 4 aromatic rings. The number of piperazine rings is 1. The van der Waals surface area contributed by atoms with Gasteiger partial charge in [0.2, 0.25) is 11.8 Å². The molecule has 2 N–H and O–H groups in total. The van der Waals surface area contributed by atoms with Crippen LogP contribution in [0.5, 0.6) is 5.75 Å². The third-order valence-electron chi connectivity index (χ3n) is 12.5. The normalized spacial score (nSPS) is 20.0. The highest BCUT2D eigenvalue weighted by Crippen LogP contribution is 2.36. The zero-order valence-corrected chi connectivity index (χ0v) is 33.4. The number of amides is 4. The lowest BCUT2D eigenvalue weighted by Gasteiger charge is -2.39. The summed E-state index contributed by atoms with van der Waals surface area (Å²) in [5.41, 5.74) is 8.94. The van der Waals surface area contributed by atoms with Crippen LogP contribution in [-0.2, 0) is 16.0 Å². The number of imide groups is 2. The van der Waals surface area contributed by atoms with E-state index in [0.717, 1.165) is 87.8 Å². The van der Waals surface area contributed by atoms with Gasteiger partial charge in [0.05, 0.1) is 11.1 Å². The summed E-state index contributed by atoms with van der Waals surface area (Å²) in [6.45, 7) is 10.3. The Hall–Kier alpha value is -5.58. The number of allylic oxidation sites excluding steroid dienone is 1. The summed E-state index contributed by atoms with van der Waals surface area (Å²) in [6, 6.07) is 31.7. The van der Waals surface area contributed by atoms with Gasteiger partial charge in [0.25, 0.3) is 11.8 Å². The van der Waals surface area contributed by atoms with E-state index in [2.05, 4.69) is 81.5 Å². The van der Waals surface area contributed by atoms with Crippen LogP contribution in [-0.4, -0.2) is 102 Å². The molecule has 4 aliphatic heterocycles. The van der Waals surface area contributed by atoms with Gasteiger partial charge in [-0.2, -0.15) is 0 Å². The Morgan fingerprint density at radius 3 is 2.05 bits per heavy atom. The average molecular weight is 780 g/mol. The van der Waals surface area contributed by atoms with Crippen LogP contribution < -0.4 is 10.2 Å². The van der Waals surface area contributed by atoms with E-state index >= 15 is 0 Å². The molecule has 10 nitrogen and oxygen atoms in total. The first kappa shape index (κ1) is 39.3. The molecule has 4 aromatic carbocycles. The summed E-state index contributed by atoms with van der Waals surface area (Å²) < 4.78 is 0. The predicted molar refractivity (Wildman–Crippen MR) is 226 cm³/mol. The summed E-state index contributed by atoms with van der Waals surface area (Å²) >= 11 is 0. The minimum absolute atomic E-state index is 0.106. The highest BCUT2D eigenvalue weighted by Gasteiger charge is 2.45. The number of hydrogen-bond donors (Lipinski definition) is 2. The SMILES string of the molecule is CCC(=C(c1ccc(O)cc1)c1ccc(CCCN2CCC(CN3CCN(c4ccc5c(c4)C(=O)N(C4CCC(=O)NC4=O)C5=O)CC3)CC2)cc1)c1ccccc1. The maximum atomic E-state index is 13.3. The number of anilines is 1. The fraction of sp³-hybridized carbons (Fsp3) is 0.375. The molecule has 0 aliphatic carbocycles. The van der Waals surface area contributed by atoms with Crippen LogP contribution in [0.25, 0.3) is 11.1 Å². The number of nitrogens with one attached hydrogen (secondary N) is 1. The van der Waals surface area contributed by atoms with Crippen LogP contribution in [0.4, 0.5) is 5.69 Å². The third kappa shape index (κ3) is 8.49. The van der Waals surface area contributed by atoms with E-state index in [4.69, 9.17) is 0 Å². The van der Waals surface area contributed by atoms with Gasteiger partial charge in [0.1, 0.15) is 11.8 Å². The Balaban J connectivity index is 0.787. The molecule has 10 heteroatoms. The van der Waals surface area contributed by atoms with E-state index in [1.807, 2.05) is 18.2 Å². The smallest absolute Gasteiger partial charge is 0.262 e. The first-order valence-electron chi connectivity index (χ1n) is 21.0. The molecule has 4 heterocycles. The van der Waals surface area contributed by atoms with E-state index in [9.17, 15) is 24.3 Å². The molecule has 58 heavy (non-hydrogen) atoms. The predicted octanol–water partition coefficient (Wildman–Crippen LogP) is 6.63. The molecule has 3 saturated heterocycles. The summed E-state index contributed by atoms with van der Waals surface area (Å²) in [5, 5.41) is 12.2. The van der Waals surface area contributed by atoms with Gasteiger partial charge in [0, 0.05) is 44.8 Å². The van der Waals surface area contributed by atoms with Gasteiger partial charge in [-0.3, -0.25) is 34.3 Å². The minimum atomic E-state index is -0.955. The number of benzene rings is 4. The topological polar surface area (TPSA) is 114 Å². The van der Waals surface area contributed by atoms with Crippen molar-refractivity contribution in [2.24, 2.45) is 5.92 Å². The lowest BCUT2D eigenvalue weighted by molar-refractivity contribution is -0.136. The number of fused-ring (bicyclic) bond motifs is 1. The Morgan fingerprint density at radius 2 is 1.38 bits per heavy atom. The van der Waals surface area contributed by atoms with Crippen molar-refractivity contribution in [3.8, 4) is 5.75 Å². The van der Waals surface area contributed by atoms with Gasteiger partial charge in [-0.05, 0) is 128 Å². The summed E-state index contributed by atoms with van der Waals surface area (Å²) in [4.78, 5) is 59.0. The fourth-order valence-corrected chi connectivity index (χ4v) is 9.25. The van der Waals surface area contributed by atoms with Crippen molar-refractivity contribution in [2.45, 2.75) is 57.9 Å². The molecule has 0 bridgehead atoms. The Labute approximate surface area is 341 Å². The van der Waals surface area contributed by atoms with Gasteiger partial charge >= 0.3 is 0 Å². The molecule has 0 aromatic heterocycles. The standard InChI is InChI=1S/C48H53N5O5/c1-2-40(35-8-4-3-5-9-35)45(37-14-17-39(54)18-15-37)36-12-10-33(11-13-36)7-6-24-50-25-22-34(23-26-50)32-51-27-29-52(30-28-51)38-16-19-41-42(31-38)48(58)53(47(41)57)43-20-21-44(55)49-46(43)56/h3-5,8-19,31,34,43,54H,2,6-7,20-30,32H2,1H3,(H,49,55,56). The highest BCUT2D eigenvalue weighted by atomic mass is 16.3. The van der Waals surface area contributed by atoms with Crippen LogP contribution in [0.1, 0.15) is 88.4 Å². The van der Waals surface area contributed by atoms with Gasteiger partial charge < -0.3 is 14.9 Å². The van der Waals surface area contributed by atoms with Gasteiger partial charge in [-0.1, -0.05) is 73.7 Å². The molecule has 1 unspecified atom stereocenters. The van der Waals surface area contributed by atoms with Crippen LogP contribution in [0, 0.1) is 5.92 Å². The number of carbonyl (C=O) groups excluding carboxylic acids is 4. The van der Waals surface area contributed by atoms with Crippen LogP contribution in [0.2, 0.25) is 0 Å². The Morgan fingerprint density at radius 1 is 0.707 bits per heavy atom. The second-order valence-corrected chi connectivity index (χ2v) is 16.2. The molecular formula is C48H53N5O5. The molecule has 1 atom stereocenters. The van der Waals surface area contributed by atoms with E-state index in [1.54, 1.807) is 24.3 Å². The Bertz CT molecular complexity index is 2170. The lowest BCUT2D eigenvalue weighted by Crippen LogP contribution is -2.54. The number of piperidine rings is 2. The number of aromatic hydroxyl groups is 1. The quantitative estimate of drug-likeness (QED) is 0.122. The van der Waals surface area contributed by atoms with Crippen molar-refractivity contribution < 1.29 is 24.3 Å². The van der Waals surface area contributed by atoms with Crippen LogP contribution >= 0.6 is 0 Å². The molecular weight excluding hydrogens is 727 g/mol. The number of carbonyl (C=O) groups is 4. The van der Waals surface area contributed by atoms with Crippen LogP contribution in [0.15, 0.2) is 97.1 Å². The van der Waals surface area contributed by atoms with Gasteiger partial charge in [-0.25, -0.2) is 0 Å². The van der Waals surface area contributed by atoms with Crippen LogP contribution in [0.3, 0.4) is 0 Å². The van der Waals surface area contributed by atoms with E-state index in [1.165, 1.54) is 40.7 Å².